The summed E-state index contributed by atoms with van der Waals surface area (Å²) in [6, 6.07) is 3.82. The Morgan fingerprint density at radius 1 is 1.10 bits per heavy atom. The summed E-state index contributed by atoms with van der Waals surface area (Å²) < 4.78 is 5.49. The summed E-state index contributed by atoms with van der Waals surface area (Å²) in [4.78, 5) is 17.0. The van der Waals surface area contributed by atoms with Crippen LogP contribution in [0.2, 0.25) is 0 Å². The van der Waals surface area contributed by atoms with Gasteiger partial charge in [-0.15, -0.1) is 0 Å². The minimum Gasteiger partial charge on any atom is -0.456 e. The lowest BCUT2D eigenvalue weighted by molar-refractivity contribution is 0.00676. The second-order valence-corrected chi connectivity index (χ2v) is 7.49. The van der Waals surface area contributed by atoms with Gasteiger partial charge in [0, 0.05) is 5.69 Å². The minimum atomic E-state index is -0.483. The Morgan fingerprint density at radius 2 is 1.67 bits per heavy atom. The zero-order valence-electron chi connectivity index (χ0n) is 14.5. The average molecular weight is 291 g/mol. The first-order valence-corrected chi connectivity index (χ1v) is 7.80. The van der Waals surface area contributed by atoms with E-state index < -0.39 is 5.60 Å². The summed E-state index contributed by atoms with van der Waals surface area (Å²) in [6.07, 6.45) is 1.72. The number of hydrogen-bond acceptors (Lipinski definition) is 3. The Labute approximate surface area is 129 Å². The molecule has 0 unspecified atom stereocenters. The van der Waals surface area contributed by atoms with Crippen LogP contribution >= 0.6 is 0 Å². The van der Waals surface area contributed by atoms with E-state index in [0.717, 1.165) is 24.2 Å². The SMILES string of the molecule is CC(C)Cc1ccc(C(=O)OC(C)(C)C)c(CC(C)C)n1. The number of rotatable bonds is 5. The van der Waals surface area contributed by atoms with E-state index in [2.05, 4.69) is 27.7 Å². The molecular formula is C18H29NO2. The number of hydrogen-bond donors (Lipinski definition) is 0. The lowest BCUT2D eigenvalue weighted by Crippen LogP contribution is -2.25. The minimum absolute atomic E-state index is 0.276. The maximum Gasteiger partial charge on any atom is 0.340 e. The van der Waals surface area contributed by atoms with Gasteiger partial charge in [-0.3, -0.25) is 4.98 Å². The monoisotopic (exact) mass is 291 g/mol. The van der Waals surface area contributed by atoms with Gasteiger partial charge in [0.25, 0.3) is 0 Å². The van der Waals surface area contributed by atoms with Crippen molar-refractivity contribution < 1.29 is 9.53 Å². The second-order valence-electron chi connectivity index (χ2n) is 7.49. The van der Waals surface area contributed by atoms with Crippen molar-refractivity contribution in [3.8, 4) is 0 Å². The molecule has 0 aromatic carbocycles. The number of ether oxygens (including phenoxy) is 1. The van der Waals surface area contributed by atoms with Crippen LogP contribution in [-0.2, 0) is 17.6 Å². The first-order valence-electron chi connectivity index (χ1n) is 7.80. The van der Waals surface area contributed by atoms with Gasteiger partial charge < -0.3 is 4.74 Å². The molecule has 3 heteroatoms. The maximum atomic E-state index is 12.3. The zero-order valence-corrected chi connectivity index (χ0v) is 14.5. The van der Waals surface area contributed by atoms with Crippen molar-refractivity contribution in [2.45, 2.75) is 66.9 Å². The first kappa shape index (κ1) is 17.7. The van der Waals surface area contributed by atoms with Crippen LogP contribution in [0.4, 0.5) is 0 Å². The first-order chi connectivity index (χ1) is 9.58. The predicted octanol–water partition coefficient (Wildman–Crippen LogP) is 4.43. The molecule has 1 aromatic rings. The summed E-state index contributed by atoms with van der Waals surface area (Å²) in [5, 5.41) is 0. The quantitative estimate of drug-likeness (QED) is 0.753. The molecule has 3 nitrogen and oxygen atoms in total. The second kappa shape index (κ2) is 7.06. The summed E-state index contributed by atoms with van der Waals surface area (Å²) in [5.74, 6) is 0.728. The normalized spacial score (nSPS) is 12.0. The van der Waals surface area contributed by atoms with Crippen molar-refractivity contribution in [2.75, 3.05) is 0 Å². The van der Waals surface area contributed by atoms with Gasteiger partial charge in [-0.2, -0.15) is 0 Å². The smallest absolute Gasteiger partial charge is 0.340 e. The van der Waals surface area contributed by atoms with E-state index in [9.17, 15) is 4.79 Å². The molecule has 1 aromatic heterocycles. The van der Waals surface area contributed by atoms with Gasteiger partial charge in [0.1, 0.15) is 5.60 Å². The Morgan fingerprint density at radius 3 is 2.14 bits per heavy atom. The van der Waals surface area contributed by atoms with Crippen LogP contribution in [0.15, 0.2) is 12.1 Å². The molecule has 0 spiro atoms. The van der Waals surface area contributed by atoms with Gasteiger partial charge in [-0.05, 0) is 57.6 Å². The maximum absolute atomic E-state index is 12.3. The van der Waals surface area contributed by atoms with Gasteiger partial charge in [-0.25, -0.2) is 4.79 Å². The van der Waals surface area contributed by atoms with Crippen LogP contribution in [0.25, 0.3) is 0 Å². The Bertz CT molecular complexity index is 484. The van der Waals surface area contributed by atoms with Crippen LogP contribution in [0, 0.1) is 11.8 Å². The number of esters is 1. The van der Waals surface area contributed by atoms with Crippen LogP contribution < -0.4 is 0 Å². The number of nitrogens with zero attached hydrogens (tertiary/aromatic N) is 1. The molecule has 0 saturated carbocycles. The Hall–Kier alpha value is -1.38. The van der Waals surface area contributed by atoms with E-state index in [-0.39, 0.29) is 5.97 Å². The van der Waals surface area contributed by atoms with E-state index in [4.69, 9.17) is 9.72 Å². The molecule has 0 fully saturated rings. The summed E-state index contributed by atoms with van der Waals surface area (Å²) in [5.41, 5.74) is 2.03. The fraction of sp³-hybridized carbons (Fsp3) is 0.667. The van der Waals surface area contributed by atoms with Crippen molar-refractivity contribution in [1.29, 1.82) is 0 Å². The number of carbonyl (C=O) groups excluding carboxylic acids is 1. The highest BCUT2D eigenvalue weighted by Gasteiger charge is 2.21. The number of carbonyl (C=O) groups is 1. The van der Waals surface area contributed by atoms with Crippen molar-refractivity contribution in [1.82, 2.24) is 4.98 Å². The molecule has 0 bridgehead atoms. The van der Waals surface area contributed by atoms with E-state index in [1.807, 2.05) is 32.9 Å². The van der Waals surface area contributed by atoms with Gasteiger partial charge in [0.2, 0.25) is 0 Å². The van der Waals surface area contributed by atoms with Crippen LogP contribution in [0.3, 0.4) is 0 Å². The summed E-state index contributed by atoms with van der Waals surface area (Å²) in [7, 11) is 0. The lowest BCUT2D eigenvalue weighted by atomic mass is 10.0. The molecule has 0 aliphatic rings. The highest BCUT2D eigenvalue weighted by molar-refractivity contribution is 5.90. The molecule has 0 amide bonds. The summed E-state index contributed by atoms with van der Waals surface area (Å²) >= 11 is 0. The number of pyridine rings is 1. The van der Waals surface area contributed by atoms with Crippen LogP contribution in [0.1, 0.15) is 70.2 Å². The highest BCUT2D eigenvalue weighted by Crippen LogP contribution is 2.19. The van der Waals surface area contributed by atoms with E-state index in [1.54, 1.807) is 0 Å². The van der Waals surface area contributed by atoms with Crippen molar-refractivity contribution in [3.63, 3.8) is 0 Å². The molecule has 0 atom stereocenters. The molecule has 0 radical (unpaired) electrons. The molecule has 0 saturated heterocycles. The molecule has 0 aliphatic heterocycles. The van der Waals surface area contributed by atoms with Crippen LogP contribution in [0.5, 0.6) is 0 Å². The van der Waals surface area contributed by atoms with Gasteiger partial charge >= 0.3 is 5.97 Å². The van der Waals surface area contributed by atoms with Gasteiger partial charge in [-0.1, -0.05) is 27.7 Å². The summed E-state index contributed by atoms with van der Waals surface area (Å²) in [6.45, 7) is 14.3. The largest absolute Gasteiger partial charge is 0.456 e. The van der Waals surface area contributed by atoms with Crippen LogP contribution in [-0.4, -0.2) is 16.6 Å². The van der Waals surface area contributed by atoms with Gasteiger partial charge in [0.05, 0.1) is 11.3 Å². The predicted molar refractivity (Wildman–Crippen MR) is 86.5 cm³/mol. The molecule has 0 N–H and O–H groups in total. The highest BCUT2D eigenvalue weighted by atomic mass is 16.6. The van der Waals surface area contributed by atoms with E-state index in [0.29, 0.717) is 17.4 Å². The molecule has 1 heterocycles. The molecule has 0 aliphatic carbocycles. The molecular weight excluding hydrogens is 262 g/mol. The fourth-order valence-electron chi connectivity index (χ4n) is 2.14. The molecule has 118 valence electrons. The number of aromatic nitrogens is 1. The Balaban J connectivity index is 3.09. The van der Waals surface area contributed by atoms with Crippen molar-refractivity contribution >= 4 is 5.97 Å². The topological polar surface area (TPSA) is 39.2 Å². The molecule has 21 heavy (non-hydrogen) atoms. The fourth-order valence-corrected chi connectivity index (χ4v) is 2.14. The van der Waals surface area contributed by atoms with Crippen molar-refractivity contribution in [2.24, 2.45) is 11.8 Å². The average Bonchev–Trinajstić information content (AvgIpc) is 2.24. The lowest BCUT2D eigenvalue weighted by Gasteiger charge is -2.21. The third-order valence-electron chi connectivity index (χ3n) is 2.87. The van der Waals surface area contributed by atoms with E-state index >= 15 is 0 Å². The Kier molecular flexibility index (Phi) is 5.94. The van der Waals surface area contributed by atoms with Crippen molar-refractivity contribution in [3.05, 3.63) is 29.1 Å². The third-order valence-corrected chi connectivity index (χ3v) is 2.87. The van der Waals surface area contributed by atoms with E-state index in [1.165, 1.54) is 0 Å². The third kappa shape index (κ3) is 6.28. The van der Waals surface area contributed by atoms with Gasteiger partial charge in [0.15, 0.2) is 0 Å². The standard InChI is InChI=1S/C18H29NO2/c1-12(2)10-14-8-9-15(16(19-14)11-13(3)4)17(20)21-18(5,6)7/h8-9,12-13H,10-11H2,1-7H3. The molecule has 1 rings (SSSR count). The zero-order chi connectivity index (χ0) is 16.2.